The average Bonchev–Trinajstić information content (AvgIpc) is 3.00. The molecule has 0 unspecified atom stereocenters. The molecular formula is C12H13N9. The lowest BCUT2D eigenvalue weighted by Crippen LogP contribution is -2.12. The summed E-state index contributed by atoms with van der Waals surface area (Å²) in [6.45, 7) is 2.49. The summed E-state index contributed by atoms with van der Waals surface area (Å²) in [6, 6.07) is 3.88. The summed E-state index contributed by atoms with van der Waals surface area (Å²) >= 11 is 0. The van der Waals surface area contributed by atoms with Crippen molar-refractivity contribution in [3.63, 3.8) is 0 Å². The first-order chi connectivity index (χ1) is 10.2. The summed E-state index contributed by atoms with van der Waals surface area (Å²) in [5, 5.41) is 7.04. The molecular weight excluding hydrogens is 270 g/mol. The molecule has 9 heteroatoms. The van der Waals surface area contributed by atoms with Crippen LogP contribution in [0.1, 0.15) is 11.3 Å². The molecule has 3 heterocycles. The van der Waals surface area contributed by atoms with Gasteiger partial charge in [0.1, 0.15) is 12.7 Å². The highest BCUT2D eigenvalue weighted by Crippen LogP contribution is 2.09. The van der Waals surface area contributed by atoms with Gasteiger partial charge in [-0.05, 0) is 18.6 Å². The van der Waals surface area contributed by atoms with Crippen LogP contribution >= 0.6 is 0 Å². The number of hydrogen-bond donors (Lipinski definition) is 2. The summed E-state index contributed by atoms with van der Waals surface area (Å²) in [4.78, 5) is 20.4. The Morgan fingerprint density at radius 1 is 1.29 bits per heavy atom. The van der Waals surface area contributed by atoms with Crippen LogP contribution in [0, 0.1) is 6.92 Å². The molecule has 0 radical (unpaired) electrons. The Morgan fingerprint density at radius 2 is 2.19 bits per heavy atom. The Hall–Kier alpha value is -3.10. The van der Waals surface area contributed by atoms with Crippen LogP contribution in [0.25, 0.3) is 5.95 Å². The zero-order valence-electron chi connectivity index (χ0n) is 11.3. The summed E-state index contributed by atoms with van der Waals surface area (Å²) in [6.07, 6.45) is 4.62. The van der Waals surface area contributed by atoms with E-state index in [-0.39, 0.29) is 5.95 Å². The minimum atomic E-state index is 0.107. The van der Waals surface area contributed by atoms with Gasteiger partial charge in [0.15, 0.2) is 0 Å². The van der Waals surface area contributed by atoms with E-state index in [1.807, 2.05) is 19.1 Å². The number of anilines is 2. The predicted octanol–water partition coefficient (Wildman–Crippen LogP) is 0.350. The van der Waals surface area contributed by atoms with Gasteiger partial charge in [0, 0.05) is 6.20 Å². The van der Waals surface area contributed by atoms with E-state index < -0.39 is 0 Å². The predicted molar refractivity (Wildman–Crippen MR) is 75.5 cm³/mol. The van der Waals surface area contributed by atoms with Crippen LogP contribution in [0.2, 0.25) is 0 Å². The van der Waals surface area contributed by atoms with E-state index in [4.69, 9.17) is 5.73 Å². The van der Waals surface area contributed by atoms with E-state index >= 15 is 0 Å². The Kier molecular flexibility index (Phi) is 3.37. The summed E-state index contributed by atoms with van der Waals surface area (Å²) in [5.74, 6) is 0.772. The fraction of sp³-hybridized carbons (Fsp3) is 0.167. The fourth-order valence-corrected chi connectivity index (χ4v) is 1.74. The molecule has 0 aliphatic rings. The van der Waals surface area contributed by atoms with E-state index in [9.17, 15) is 0 Å². The van der Waals surface area contributed by atoms with Crippen molar-refractivity contribution >= 4 is 11.9 Å². The zero-order valence-corrected chi connectivity index (χ0v) is 11.3. The van der Waals surface area contributed by atoms with Crippen LogP contribution in [-0.2, 0) is 6.54 Å². The second kappa shape index (κ2) is 5.49. The van der Waals surface area contributed by atoms with Gasteiger partial charge in [-0.1, -0.05) is 6.07 Å². The van der Waals surface area contributed by atoms with E-state index in [2.05, 4.69) is 35.3 Å². The van der Waals surface area contributed by atoms with Crippen molar-refractivity contribution < 1.29 is 0 Å². The van der Waals surface area contributed by atoms with E-state index in [0.717, 1.165) is 11.3 Å². The molecule has 0 atom stereocenters. The van der Waals surface area contributed by atoms with Crippen molar-refractivity contribution in [3.05, 3.63) is 42.2 Å². The van der Waals surface area contributed by atoms with Crippen molar-refractivity contribution in [1.82, 2.24) is 34.7 Å². The highest BCUT2D eigenvalue weighted by Gasteiger charge is 2.07. The molecule has 21 heavy (non-hydrogen) atoms. The third-order valence-electron chi connectivity index (χ3n) is 2.80. The summed E-state index contributed by atoms with van der Waals surface area (Å²) < 4.78 is 1.41. The molecule has 0 spiro atoms. The number of aromatic nitrogens is 7. The number of nitrogens with one attached hydrogen (secondary N) is 1. The van der Waals surface area contributed by atoms with Gasteiger partial charge >= 0.3 is 0 Å². The fourth-order valence-electron chi connectivity index (χ4n) is 1.74. The molecule has 9 nitrogen and oxygen atoms in total. The summed E-state index contributed by atoms with van der Waals surface area (Å²) in [7, 11) is 0. The average molecular weight is 283 g/mol. The molecule has 106 valence electrons. The largest absolute Gasteiger partial charge is 0.368 e. The highest BCUT2D eigenvalue weighted by atomic mass is 15.4. The van der Waals surface area contributed by atoms with Gasteiger partial charge in [-0.2, -0.15) is 24.7 Å². The molecule has 0 saturated heterocycles. The first kappa shape index (κ1) is 12.9. The van der Waals surface area contributed by atoms with Crippen LogP contribution in [-0.4, -0.2) is 34.7 Å². The maximum atomic E-state index is 5.69. The SMILES string of the molecule is Cc1cccnc1CNc1nc(N)nc(-n2cncn2)n1. The molecule has 0 amide bonds. The van der Waals surface area contributed by atoms with Crippen LogP contribution in [0.15, 0.2) is 31.0 Å². The Balaban J connectivity index is 1.81. The number of nitrogens with two attached hydrogens (primary N) is 1. The van der Waals surface area contributed by atoms with Gasteiger partial charge in [-0.15, -0.1) is 0 Å². The van der Waals surface area contributed by atoms with Gasteiger partial charge in [-0.3, -0.25) is 4.98 Å². The van der Waals surface area contributed by atoms with Crippen molar-refractivity contribution in [3.8, 4) is 5.95 Å². The van der Waals surface area contributed by atoms with Crippen LogP contribution in [0.5, 0.6) is 0 Å². The molecule has 0 saturated carbocycles. The van der Waals surface area contributed by atoms with E-state index in [1.54, 1.807) is 6.20 Å². The number of nitrogen functional groups attached to an aromatic ring is 1. The van der Waals surface area contributed by atoms with Crippen LogP contribution in [0.3, 0.4) is 0 Å². The minimum absolute atomic E-state index is 0.107. The quantitative estimate of drug-likeness (QED) is 0.703. The molecule has 3 aromatic rings. The number of pyridine rings is 1. The molecule has 3 aromatic heterocycles. The molecule has 0 aliphatic carbocycles. The Labute approximate surface area is 120 Å². The maximum absolute atomic E-state index is 5.69. The third kappa shape index (κ3) is 2.91. The molecule has 0 fully saturated rings. The Morgan fingerprint density at radius 3 is 2.95 bits per heavy atom. The molecule has 0 bridgehead atoms. The van der Waals surface area contributed by atoms with E-state index in [0.29, 0.717) is 18.4 Å². The standard InChI is InChI=1S/C12H13N9/c1-8-3-2-4-15-9(8)5-16-11-18-10(13)19-12(20-11)21-7-14-6-17-21/h2-4,6-7H,5H2,1H3,(H3,13,16,18,19,20). The minimum Gasteiger partial charge on any atom is -0.368 e. The first-order valence-electron chi connectivity index (χ1n) is 6.23. The monoisotopic (exact) mass is 283 g/mol. The van der Waals surface area contributed by atoms with Gasteiger partial charge < -0.3 is 11.1 Å². The molecule has 0 aromatic carbocycles. The zero-order chi connectivity index (χ0) is 14.7. The smallest absolute Gasteiger partial charge is 0.258 e. The second-order valence-corrected chi connectivity index (χ2v) is 4.28. The number of aryl methyl sites for hydroxylation is 1. The van der Waals surface area contributed by atoms with Gasteiger partial charge in [0.2, 0.25) is 11.9 Å². The molecule has 0 aliphatic heterocycles. The lowest BCUT2D eigenvalue weighted by atomic mass is 10.2. The first-order valence-corrected chi connectivity index (χ1v) is 6.23. The lowest BCUT2D eigenvalue weighted by Gasteiger charge is -2.08. The van der Waals surface area contributed by atoms with Crippen molar-refractivity contribution in [2.24, 2.45) is 0 Å². The molecule has 3 rings (SSSR count). The molecule has 3 N–H and O–H groups in total. The van der Waals surface area contributed by atoms with E-state index in [1.165, 1.54) is 17.3 Å². The normalized spacial score (nSPS) is 10.5. The Bertz CT molecular complexity index is 738. The van der Waals surface area contributed by atoms with Crippen molar-refractivity contribution in [2.75, 3.05) is 11.1 Å². The van der Waals surface area contributed by atoms with Gasteiger partial charge in [0.25, 0.3) is 5.95 Å². The number of nitrogens with zero attached hydrogens (tertiary/aromatic N) is 7. The highest BCUT2D eigenvalue weighted by molar-refractivity contribution is 5.35. The topological polar surface area (TPSA) is 120 Å². The van der Waals surface area contributed by atoms with Gasteiger partial charge in [-0.25, -0.2) is 4.98 Å². The van der Waals surface area contributed by atoms with Gasteiger partial charge in [0.05, 0.1) is 12.2 Å². The lowest BCUT2D eigenvalue weighted by molar-refractivity contribution is 0.796. The maximum Gasteiger partial charge on any atom is 0.258 e. The van der Waals surface area contributed by atoms with Crippen LogP contribution < -0.4 is 11.1 Å². The van der Waals surface area contributed by atoms with Crippen LogP contribution in [0.4, 0.5) is 11.9 Å². The third-order valence-corrected chi connectivity index (χ3v) is 2.80. The summed E-state index contributed by atoms with van der Waals surface area (Å²) in [5.41, 5.74) is 7.69. The van der Waals surface area contributed by atoms with Crippen molar-refractivity contribution in [2.45, 2.75) is 13.5 Å². The van der Waals surface area contributed by atoms with Crippen molar-refractivity contribution in [1.29, 1.82) is 0 Å². The second-order valence-electron chi connectivity index (χ2n) is 4.28. The number of hydrogen-bond acceptors (Lipinski definition) is 8. The number of rotatable bonds is 4.